The van der Waals surface area contributed by atoms with Crippen LogP contribution in [-0.4, -0.2) is 43.5 Å². The minimum Gasteiger partial charge on any atom is -0.453 e. The van der Waals surface area contributed by atoms with Crippen LogP contribution in [0.1, 0.15) is 17.3 Å². The molecule has 0 aliphatic rings. The number of methoxy groups -OCH3 is 1. The van der Waals surface area contributed by atoms with Crippen molar-refractivity contribution in [3.8, 4) is 27.9 Å². The highest BCUT2D eigenvalue weighted by molar-refractivity contribution is 6.31. The van der Waals surface area contributed by atoms with Gasteiger partial charge in [0.05, 0.1) is 35.6 Å². The summed E-state index contributed by atoms with van der Waals surface area (Å²) < 4.78 is 23.4. The second-order valence-corrected chi connectivity index (χ2v) is 10.6. The Morgan fingerprint density at radius 1 is 1.00 bits per heavy atom. The predicted octanol–water partition coefficient (Wildman–Crippen LogP) is 6.46. The number of tetrazole rings is 1. The largest absolute Gasteiger partial charge is 0.453 e. The average molecular weight is 630 g/mol. The number of anilines is 1. The molecule has 1 atom stereocenters. The molecular formula is C31H24Cl2FN8O2+. The lowest BCUT2D eigenvalue weighted by Crippen LogP contribution is -2.33. The second kappa shape index (κ2) is 12.6. The number of nitrogens with zero attached hydrogens (tertiary/aromatic N) is 6. The predicted molar refractivity (Wildman–Crippen MR) is 163 cm³/mol. The average Bonchev–Trinajstić information content (AvgIpc) is 3.76. The quantitative estimate of drug-likeness (QED) is 0.187. The first-order valence-electron chi connectivity index (χ1n) is 13.4. The Morgan fingerprint density at radius 3 is 2.45 bits per heavy atom. The number of aromatic amines is 1. The Balaban J connectivity index is 1.34. The van der Waals surface area contributed by atoms with Gasteiger partial charge in [0.15, 0.2) is 11.0 Å². The van der Waals surface area contributed by atoms with Gasteiger partial charge in [0.25, 0.3) is 6.33 Å². The molecule has 0 aliphatic heterocycles. The highest BCUT2D eigenvalue weighted by Crippen LogP contribution is 2.33. The normalized spacial score (nSPS) is 11.7. The number of nitrogens with one attached hydrogen (secondary N) is 2. The fourth-order valence-electron chi connectivity index (χ4n) is 4.81. The van der Waals surface area contributed by atoms with E-state index in [0.29, 0.717) is 28.4 Å². The van der Waals surface area contributed by atoms with Crippen LogP contribution in [0.4, 0.5) is 14.9 Å². The van der Waals surface area contributed by atoms with Crippen LogP contribution in [0, 0.1) is 5.82 Å². The third-order valence-corrected chi connectivity index (χ3v) is 7.58. The van der Waals surface area contributed by atoms with Crippen LogP contribution in [0.2, 0.25) is 10.0 Å². The van der Waals surface area contributed by atoms with Gasteiger partial charge in [-0.1, -0.05) is 58.7 Å². The molecule has 44 heavy (non-hydrogen) atoms. The van der Waals surface area contributed by atoms with E-state index >= 15 is 4.39 Å². The van der Waals surface area contributed by atoms with Crippen molar-refractivity contribution >= 4 is 35.0 Å². The number of hydrogen-bond acceptors (Lipinski definition) is 6. The van der Waals surface area contributed by atoms with Gasteiger partial charge < -0.3 is 4.74 Å². The Bertz CT molecular complexity index is 1900. The summed E-state index contributed by atoms with van der Waals surface area (Å²) in [5.74, 6) is -0.581. The lowest BCUT2D eigenvalue weighted by molar-refractivity contribution is -0.659. The Kier molecular flexibility index (Phi) is 8.31. The van der Waals surface area contributed by atoms with Crippen molar-refractivity contribution < 1.29 is 18.6 Å². The van der Waals surface area contributed by atoms with Crippen LogP contribution in [0.3, 0.4) is 0 Å². The molecule has 3 aromatic carbocycles. The maximum absolute atomic E-state index is 15.4. The molecule has 0 saturated heterocycles. The summed E-state index contributed by atoms with van der Waals surface area (Å²) in [7, 11) is 1.31. The van der Waals surface area contributed by atoms with E-state index in [1.807, 2.05) is 53.3 Å². The number of H-pyrrole nitrogens is 1. The lowest BCUT2D eigenvalue weighted by Gasteiger charge is -2.18. The molecule has 1 amide bonds. The fourth-order valence-corrected chi connectivity index (χ4v) is 5.09. The summed E-state index contributed by atoms with van der Waals surface area (Å²) in [5.41, 5.74) is 5.42. The molecule has 0 radical (unpaired) electrons. The van der Waals surface area contributed by atoms with Gasteiger partial charge in [-0.25, -0.2) is 9.18 Å². The number of aromatic nitrogens is 7. The minimum absolute atomic E-state index is 0.0142. The number of benzene rings is 3. The third-order valence-electron chi connectivity index (χ3n) is 7.04. The van der Waals surface area contributed by atoms with Crippen molar-refractivity contribution in [3.63, 3.8) is 0 Å². The first-order valence-corrected chi connectivity index (χ1v) is 14.1. The van der Waals surface area contributed by atoms with Gasteiger partial charge in [0.1, 0.15) is 10.8 Å². The molecule has 0 spiro atoms. The van der Waals surface area contributed by atoms with Gasteiger partial charge in [0, 0.05) is 40.7 Å². The molecule has 13 heteroatoms. The van der Waals surface area contributed by atoms with Gasteiger partial charge in [-0.2, -0.15) is 5.10 Å². The van der Waals surface area contributed by atoms with Crippen molar-refractivity contribution in [1.82, 2.24) is 30.3 Å². The number of hydrogen-bond donors (Lipinski definition) is 2. The van der Waals surface area contributed by atoms with Crippen molar-refractivity contribution in [2.24, 2.45) is 0 Å². The first-order chi connectivity index (χ1) is 21.4. The van der Waals surface area contributed by atoms with Crippen LogP contribution in [0.5, 0.6) is 0 Å². The Labute approximate surface area is 261 Å². The van der Waals surface area contributed by atoms with E-state index in [2.05, 4.69) is 30.7 Å². The van der Waals surface area contributed by atoms with Gasteiger partial charge in [-0.15, -0.1) is 4.68 Å². The number of carbonyl (C=O) groups excluding carboxylic acids is 1. The Morgan fingerprint density at radius 2 is 1.77 bits per heavy atom. The standard InChI is InChI=1S/C31H23Cl2FN8O2/c1-44-31(43)38-24-9-4-20(5-10-24)22-16-37-41(17-22)28(14-19-2-7-23(32)8-3-19)26-12-6-21(15-35-26)29-27(42-18-36-39-40-42)13-11-25(33)30(29)34/h2-13,15-18,28H,14H2,1H3,(H,38,43)/p+1/t28-/m1/s1. The summed E-state index contributed by atoms with van der Waals surface area (Å²) in [6, 6.07) is 21.5. The summed E-state index contributed by atoms with van der Waals surface area (Å²) in [6.45, 7) is 0. The van der Waals surface area contributed by atoms with E-state index in [1.54, 1.807) is 36.7 Å². The van der Waals surface area contributed by atoms with Crippen molar-refractivity contribution in [2.75, 3.05) is 12.4 Å². The highest BCUT2D eigenvalue weighted by atomic mass is 35.5. The monoisotopic (exact) mass is 629 g/mol. The van der Waals surface area contributed by atoms with Gasteiger partial charge in [-0.3, -0.25) is 15.0 Å². The number of halogens is 3. The summed E-state index contributed by atoms with van der Waals surface area (Å²) >= 11 is 12.3. The maximum Gasteiger partial charge on any atom is 0.411 e. The molecule has 0 aliphatic carbocycles. The molecular weight excluding hydrogens is 606 g/mol. The van der Waals surface area contributed by atoms with E-state index in [1.165, 1.54) is 24.2 Å². The van der Waals surface area contributed by atoms with Crippen LogP contribution >= 0.6 is 23.2 Å². The minimum atomic E-state index is -0.581. The second-order valence-electron chi connectivity index (χ2n) is 9.78. The van der Waals surface area contributed by atoms with Gasteiger partial charge in [0.2, 0.25) is 0 Å². The van der Waals surface area contributed by atoms with Gasteiger partial charge in [-0.05, 0) is 53.6 Å². The number of pyridine rings is 1. The van der Waals surface area contributed by atoms with Crippen molar-refractivity contribution in [3.05, 3.63) is 125 Å². The number of amides is 1. The molecule has 220 valence electrons. The number of rotatable bonds is 8. The van der Waals surface area contributed by atoms with E-state index in [9.17, 15) is 4.79 Å². The molecule has 6 aromatic rings. The first kappa shape index (κ1) is 29.0. The molecule has 0 unspecified atom stereocenters. The summed E-state index contributed by atoms with van der Waals surface area (Å²) in [6.07, 6.45) is 6.79. The van der Waals surface area contributed by atoms with Crippen molar-refractivity contribution in [1.29, 1.82) is 0 Å². The molecule has 2 N–H and O–H groups in total. The number of ether oxygens (including phenoxy) is 1. The maximum atomic E-state index is 15.4. The molecule has 3 aromatic heterocycles. The van der Waals surface area contributed by atoms with Crippen LogP contribution in [0.15, 0.2) is 97.7 Å². The fraction of sp³-hybridized carbons (Fsp3) is 0.0968. The van der Waals surface area contributed by atoms with Gasteiger partial charge >= 0.3 is 6.09 Å². The lowest BCUT2D eigenvalue weighted by atomic mass is 10.0. The summed E-state index contributed by atoms with van der Waals surface area (Å²) in [5, 5.41) is 18.2. The molecule has 0 bridgehead atoms. The molecule has 3 heterocycles. The molecule has 0 fully saturated rings. The Hall–Kier alpha value is -5.13. The zero-order valence-corrected chi connectivity index (χ0v) is 24.7. The third kappa shape index (κ3) is 6.14. The van der Waals surface area contributed by atoms with Crippen molar-refractivity contribution in [2.45, 2.75) is 12.5 Å². The van der Waals surface area contributed by atoms with E-state index in [0.717, 1.165) is 22.4 Å². The van der Waals surface area contributed by atoms with E-state index < -0.39 is 11.9 Å². The summed E-state index contributed by atoms with van der Waals surface area (Å²) in [4.78, 5) is 16.3. The van der Waals surface area contributed by atoms with E-state index in [-0.39, 0.29) is 16.6 Å². The zero-order chi connectivity index (χ0) is 30.6. The molecule has 6 rings (SSSR count). The zero-order valence-electron chi connectivity index (χ0n) is 23.2. The SMILES string of the molecule is COC(=O)Nc1ccc(-c2cnn([C@H](Cc3ccc(Cl)cc3)c3ccc(-c4c(-[n+]5cnn[nH]5)ccc(Cl)c4F)cn3)c2)cc1. The highest BCUT2D eigenvalue weighted by Gasteiger charge is 2.22. The van der Waals surface area contributed by atoms with E-state index in [4.69, 9.17) is 28.2 Å². The van der Waals surface area contributed by atoms with Crippen LogP contribution in [0.25, 0.3) is 27.9 Å². The van der Waals surface area contributed by atoms with Crippen LogP contribution < -0.4 is 10.00 Å². The number of carbonyl (C=O) groups is 1. The molecule has 0 saturated carbocycles. The molecule has 10 nitrogen and oxygen atoms in total. The van der Waals surface area contributed by atoms with Crippen LogP contribution in [-0.2, 0) is 11.2 Å². The topological polar surface area (TPSA) is 114 Å². The smallest absolute Gasteiger partial charge is 0.411 e.